The maximum absolute atomic E-state index is 12.8. The molecule has 0 saturated carbocycles. The third kappa shape index (κ3) is 6.24. The molecule has 0 bridgehead atoms. The van der Waals surface area contributed by atoms with Crippen LogP contribution in [0, 0.1) is 12.8 Å². The van der Waals surface area contributed by atoms with Crippen molar-refractivity contribution in [2.24, 2.45) is 5.92 Å². The van der Waals surface area contributed by atoms with Crippen molar-refractivity contribution in [2.75, 3.05) is 31.2 Å². The Kier molecular flexibility index (Phi) is 8.72. The van der Waals surface area contributed by atoms with Gasteiger partial charge in [0.05, 0.1) is 30.1 Å². The predicted octanol–water partition coefficient (Wildman–Crippen LogP) is 3.62. The first-order valence-corrected chi connectivity index (χ1v) is 12.5. The molecule has 1 aliphatic rings. The van der Waals surface area contributed by atoms with E-state index >= 15 is 0 Å². The van der Waals surface area contributed by atoms with Gasteiger partial charge in [0.25, 0.3) is 5.91 Å². The van der Waals surface area contributed by atoms with E-state index in [2.05, 4.69) is 39.0 Å². The van der Waals surface area contributed by atoms with E-state index in [1.54, 1.807) is 6.92 Å². The van der Waals surface area contributed by atoms with Crippen LogP contribution in [0.25, 0.3) is 0 Å². The van der Waals surface area contributed by atoms with Gasteiger partial charge in [-0.2, -0.15) is 0 Å². The average Bonchev–Trinajstić information content (AvgIpc) is 3.35. The number of aryl methyl sites for hydroxylation is 2. The third-order valence-corrected chi connectivity index (χ3v) is 6.84. The number of halogens is 1. The van der Waals surface area contributed by atoms with Gasteiger partial charge < -0.3 is 24.7 Å². The number of aromatic amines is 1. The molecule has 33 heavy (non-hydrogen) atoms. The molecule has 1 amide bonds. The van der Waals surface area contributed by atoms with E-state index in [4.69, 9.17) is 21.1 Å². The number of thiazole rings is 1. The number of piperidine rings is 1. The van der Waals surface area contributed by atoms with Crippen LogP contribution < -0.4 is 10.2 Å². The van der Waals surface area contributed by atoms with Gasteiger partial charge in [0.15, 0.2) is 16.1 Å². The summed E-state index contributed by atoms with van der Waals surface area (Å²) in [6.07, 6.45) is 1.09. The largest absolute Gasteiger partial charge is 0.462 e. The second kappa shape index (κ2) is 11.3. The molecule has 0 unspecified atom stereocenters. The number of H-pyrrole nitrogens is 1. The molecule has 9 nitrogen and oxygen atoms in total. The molecule has 2 aromatic rings. The maximum Gasteiger partial charge on any atom is 0.350 e. The van der Waals surface area contributed by atoms with Crippen molar-refractivity contribution in [3.8, 4) is 0 Å². The number of esters is 1. The molecule has 0 spiro atoms. The number of carbonyl (C=O) groups is 2. The molecule has 2 N–H and O–H groups in total. The fourth-order valence-corrected chi connectivity index (χ4v) is 4.87. The quantitative estimate of drug-likeness (QED) is 0.509. The number of nitrogens with zero attached hydrogens (tertiary/aromatic N) is 3. The first-order chi connectivity index (χ1) is 15.7. The van der Waals surface area contributed by atoms with E-state index in [0.29, 0.717) is 60.8 Å². The van der Waals surface area contributed by atoms with Crippen LogP contribution in [0.1, 0.15) is 65.8 Å². The number of imidazole rings is 1. The van der Waals surface area contributed by atoms with Gasteiger partial charge in [-0.3, -0.25) is 4.79 Å². The van der Waals surface area contributed by atoms with Crippen LogP contribution >= 0.6 is 22.9 Å². The maximum atomic E-state index is 12.8. The standard InChI is InChI=1S/C22H32ClN5O4S/c1-6-14-18(23)27-19(25-14)20(29)26-15-8-9-28(10-16(15)32-11-12(3)4)22-24-13(5)17(33-22)21(30)31-7-2/h12,15-16H,6-11H2,1-5H3,(H,25,27)(H,26,29)/t15-,16+/m1/s1. The number of carbonyl (C=O) groups excluding carboxylic acids is 2. The normalized spacial score (nSPS) is 18.6. The Hall–Kier alpha value is -2.17. The predicted molar refractivity (Wildman–Crippen MR) is 128 cm³/mol. The molecule has 3 heterocycles. The van der Waals surface area contributed by atoms with Gasteiger partial charge in [-0.1, -0.05) is 43.7 Å². The van der Waals surface area contributed by atoms with Crippen molar-refractivity contribution in [1.82, 2.24) is 20.3 Å². The van der Waals surface area contributed by atoms with E-state index in [1.807, 2.05) is 13.8 Å². The minimum absolute atomic E-state index is 0.188. The van der Waals surface area contributed by atoms with Gasteiger partial charge >= 0.3 is 5.97 Å². The third-order valence-electron chi connectivity index (χ3n) is 5.33. The monoisotopic (exact) mass is 497 g/mol. The van der Waals surface area contributed by atoms with Crippen molar-refractivity contribution in [2.45, 2.75) is 59.6 Å². The molecule has 1 saturated heterocycles. The van der Waals surface area contributed by atoms with Crippen LogP contribution in [0.2, 0.25) is 5.15 Å². The summed E-state index contributed by atoms with van der Waals surface area (Å²) in [5.74, 6) is -0.0956. The van der Waals surface area contributed by atoms with Gasteiger partial charge in [-0.05, 0) is 32.6 Å². The highest BCUT2D eigenvalue weighted by molar-refractivity contribution is 7.17. The molecule has 0 radical (unpaired) electrons. The molecular weight excluding hydrogens is 466 g/mol. The highest BCUT2D eigenvalue weighted by Crippen LogP contribution is 2.30. The number of hydrogen-bond acceptors (Lipinski definition) is 8. The summed E-state index contributed by atoms with van der Waals surface area (Å²) in [6, 6.07) is -0.188. The molecule has 1 aliphatic heterocycles. The molecular formula is C22H32ClN5O4S. The first-order valence-electron chi connectivity index (χ1n) is 11.3. The van der Waals surface area contributed by atoms with Crippen molar-refractivity contribution >= 4 is 39.9 Å². The van der Waals surface area contributed by atoms with Crippen LogP contribution in [-0.4, -0.2) is 65.3 Å². The van der Waals surface area contributed by atoms with Crippen LogP contribution in [0.5, 0.6) is 0 Å². The molecule has 2 atom stereocenters. The highest BCUT2D eigenvalue weighted by atomic mass is 35.5. The minimum atomic E-state index is -0.350. The molecule has 2 aromatic heterocycles. The Morgan fingerprint density at radius 3 is 2.73 bits per heavy atom. The average molecular weight is 498 g/mol. The van der Waals surface area contributed by atoms with Gasteiger partial charge in [0.1, 0.15) is 4.88 Å². The summed E-state index contributed by atoms with van der Waals surface area (Å²) in [5, 5.41) is 4.14. The summed E-state index contributed by atoms with van der Waals surface area (Å²) >= 11 is 7.42. The van der Waals surface area contributed by atoms with E-state index in [-0.39, 0.29) is 29.8 Å². The van der Waals surface area contributed by atoms with Gasteiger partial charge in [-0.25, -0.2) is 14.8 Å². The Labute approximate surface area is 203 Å². The lowest BCUT2D eigenvalue weighted by Gasteiger charge is -2.38. The lowest BCUT2D eigenvalue weighted by molar-refractivity contribution is 0.00705. The van der Waals surface area contributed by atoms with E-state index in [1.165, 1.54) is 11.3 Å². The SMILES string of the molecule is CCOC(=O)c1sc(N2CC[C@@H](NC(=O)c3nc(Cl)c(CC)[nH]3)[C@@H](OCC(C)C)C2)nc1C. The molecule has 1 fully saturated rings. The van der Waals surface area contributed by atoms with Crippen LogP contribution in [0.3, 0.4) is 0 Å². The molecule has 182 valence electrons. The molecule has 11 heteroatoms. The number of rotatable bonds is 9. The number of ether oxygens (including phenoxy) is 2. The van der Waals surface area contributed by atoms with Crippen molar-refractivity contribution in [3.05, 3.63) is 27.2 Å². The minimum Gasteiger partial charge on any atom is -0.462 e. The summed E-state index contributed by atoms with van der Waals surface area (Å²) in [5.41, 5.74) is 1.39. The second-order valence-corrected chi connectivity index (χ2v) is 9.76. The Morgan fingerprint density at radius 2 is 2.09 bits per heavy atom. The fourth-order valence-electron chi connectivity index (χ4n) is 3.61. The number of aromatic nitrogens is 3. The van der Waals surface area contributed by atoms with Crippen LogP contribution in [0.15, 0.2) is 0 Å². The van der Waals surface area contributed by atoms with Gasteiger partial charge in [0, 0.05) is 19.7 Å². The number of amides is 1. The van der Waals surface area contributed by atoms with E-state index in [9.17, 15) is 9.59 Å². The molecule has 0 aromatic carbocycles. The van der Waals surface area contributed by atoms with Crippen LogP contribution in [0.4, 0.5) is 5.13 Å². The zero-order valence-corrected chi connectivity index (χ0v) is 21.3. The summed E-state index contributed by atoms with van der Waals surface area (Å²) in [7, 11) is 0. The summed E-state index contributed by atoms with van der Waals surface area (Å²) in [4.78, 5) is 39.4. The van der Waals surface area contributed by atoms with Crippen LogP contribution in [-0.2, 0) is 15.9 Å². The number of nitrogens with one attached hydrogen (secondary N) is 2. The van der Waals surface area contributed by atoms with E-state index < -0.39 is 0 Å². The molecule has 3 rings (SSSR count). The van der Waals surface area contributed by atoms with Gasteiger partial charge in [-0.15, -0.1) is 0 Å². The number of hydrogen-bond donors (Lipinski definition) is 2. The lowest BCUT2D eigenvalue weighted by atomic mass is 10.0. The topological polar surface area (TPSA) is 109 Å². The summed E-state index contributed by atoms with van der Waals surface area (Å²) < 4.78 is 11.3. The lowest BCUT2D eigenvalue weighted by Crippen LogP contribution is -2.55. The fraction of sp³-hybridized carbons (Fsp3) is 0.636. The van der Waals surface area contributed by atoms with Crippen molar-refractivity contribution in [1.29, 1.82) is 0 Å². The number of anilines is 1. The van der Waals surface area contributed by atoms with Crippen molar-refractivity contribution < 1.29 is 19.1 Å². The Morgan fingerprint density at radius 1 is 1.33 bits per heavy atom. The zero-order chi connectivity index (χ0) is 24.1. The van der Waals surface area contributed by atoms with Crippen molar-refractivity contribution in [3.63, 3.8) is 0 Å². The van der Waals surface area contributed by atoms with E-state index in [0.717, 1.165) is 10.8 Å². The second-order valence-electron chi connectivity index (χ2n) is 8.42. The van der Waals surface area contributed by atoms with Gasteiger partial charge in [0.2, 0.25) is 0 Å². The zero-order valence-electron chi connectivity index (χ0n) is 19.7. The Bertz CT molecular complexity index is 976. The molecule has 0 aliphatic carbocycles. The smallest absolute Gasteiger partial charge is 0.350 e. The summed E-state index contributed by atoms with van der Waals surface area (Å²) in [6.45, 7) is 11.8. The Balaban J connectivity index is 1.73. The first kappa shape index (κ1) is 25.5. The highest BCUT2D eigenvalue weighted by Gasteiger charge is 2.34.